The average Bonchev–Trinajstić information content (AvgIpc) is 2.40. The fourth-order valence-electron chi connectivity index (χ4n) is 3.91. The molecule has 0 bridgehead atoms. The smallest absolute Gasteiger partial charge is 0.316 e. The van der Waals surface area contributed by atoms with Crippen LogP contribution in [-0.2, 0) is 0 Å². The monoisotopic (exact) mass is 271 g/mol. The number of hydrogen-bond donors (Lipinski definition) is 0. The van der Waals surface area contributed by atoms with Gasteiger partial charge in [-0.15, -0.1) is 0 Å². The summed E-state index contributed by atoms with van der Waals surface area (Å²) in [5.41, 5.74) is 0. The number of amides is 1. The van der Waals surface area contributed by atoms with Crippen LogP contribution in [0.25, 0.3) is 0 Å². The Morgan fingerprint density at radius 2 is 1.56 bits per heavy atom. The highest BCUT2D eigenvalue weighted by Crippen LogP contribution is 2.39. The van der Waals surface area contributed by atoms with Gasteiger partial charge in [0, 0.05) is 13.6 Å². The lowest BCUT2D eigenvalue weighted by Gasteiger charge is -2.36. The van der Waals surface area contributed by atoms with Gasteiger partial charge in [-0.25, -0.2) is 0 Å². The zero-order valence-corrected chi connectivity index (χ0v) is 12.3. The van der Waals surface area contributed by atoms with Crippen molar-refractivity contribution in [3.05, 3.63) is 0 Å². The SMILES string of the molecule is CN(CC1CCC(C2CCCCC2)CC1)C(=O)Cl. The number of carbonyl (C=O) groups excluding carboxylic acids is 1. The van der Waals surface area contributed by atoms with Crippen LogP contribution < -0.4 is 0 Å². The van der Waals surface area contributed by atoms with Gasteiger partial charge >= 0.3 is 5.37 Å². The molecule has 0 aromatic heterocycles. The van der Waals surface area contributed by atoms with E-state index >= 15 is 0 Å². The first-order chi connectivity index (χ1) is 8.66. The lowest BCUT2D eigenvalue weighted by atomic mass is 9.71. The molecular formula is C15H26ClNO. The summed E-state index contributed by atoms with van der Waals surface area (Å²) in [5, 5.41) is -0.315. The van der Waals surface area contributed by atoms with E-state index in [-0.39, 0.29) is 5.37 Å². The van der Waals surface area contributed by atoms with Crippen LogP contribution >= 0.6 is 11.6 Å². The first-order valence-corrected chi connectivity index (χ1v) is 7.95. The molecule has 2 aliphatic rings. The lowest BCUT2D eigenvalue weighted by molar-refractivity contribution is 0.152. The summed E-state index contributed by atoms with van der Waals surface area (Å²) in [7, 11) is 1.81. The second-order valence-corrected chi connectivity index (χ2v) is 6.64. The Bertz CT molecular complexity index is 268. The number of rotatable bonds is 3. The predicted octanol–water partition coefficient (Wildman–Crippen LogP) is 4.66. The first kappa shape index (κ1) is 14.2. The fraction of sp³-hybridized carbons (Fsp3) is 0.933. The van der Waals surface area contributed by atoms with Crippen LogP contribution in [0.3, 0.4) is 0 Å². The van der Waals surface area contributed by atoms with E-state index in [1.54, 1.807) is 4.90 Å². The second kappa shape index (κ2) is 6.79. The minimum absolute atomic E-state index is 0.315. The largest absolute Gasteiger partial charge is 0.332 e. The number of halogens is 1. The van der Waals surface area contributed by atoms with Crippen molar-refractivity contribution in [2.75, 3.05) is 13.6 Å². The Morgan fingerprint density at radius 1 is 1.00 bits per heavy atom. The van der Waals surface area contributed by atoms with Gasteiger partial charge in [-0.1, -0.05) is 32.1 Å². The molecule has 2 rings (SSSR count). The minimum Gasteiger partial charge on any atom is -0.332 e. The summed E-state index contributed by atoms with van der Waals surface area (Å²) in [6, 6.07) is 0. The van der Waals surface area contributed by atoms with Crippen LogP contribution in [0.2, 0.25) is 0 Å². The molecule has 0 unspecified atom stereocenters. The summed E-state index contributed by atoms with van der Waals surface area (Å²) in [4.78, 5) is 12.7. The minimum atomic E-state index is -0.315. The number of hydrogen-bond acceptors (Lipinski definition) is 1. The molecular weight excluding hydrogens is 246 g/mol. The van der Waals surface area contributed by atoms with Gasteiger partial charge in [-0.05, 0) is 55.0 Å². The van der Waals surface area contributed by atoms with Crippen molar-refractivity contribution in [2.24, 2.45) is 17.8 Å². The molecule has 2 nitrogen and oxygen atoms in total. The van der Waals surface area contributed by atoms with E-state index in [0.29, 0.717) is 5.92 Å². The van der Waals surface area contributed by atoms with Gasteiger partial charge in [0.1, 0.15) is 0 Å². The molecule has 0 atom stereocenters. The maximum absolute atomic E-state index is 11.0. The molecule has 0 saturated heterocycles. The summed E-state index contributed by atoms with van der Waals surface area (Å²) in [6.45, 7) is 0.847. The predicted molar refractivity (Wildman–Crippen MR) is 75.9 cm³/mol. The Hall–Kier alpha value is -0.240. The van der Waals surface area contributed by atoms with E-state index in [4.69, 9.17) is 11.6 Å². The van der Waals surface area contributed by atoms with E-state index < -0.39 is 0 Å². The highest BCUT2D eigenvalue weighted by atomic mass is 35.5. The van der Waals surface area contributed by atoms with Gasteiger partial charge in [0.2, 0.25) is 0 Å². The van der Waals surface area contributed by atoms with Gasteiger partial charge in [-0.2, -0.15) is 0 Å². The Kier molecular flexibility index (Phi) is 5.35. The van der Waals surface area contributed by atoms with E-state index in [2.05, 4.69) is 0 Å². The molecule has 0 aromatic rings. The molecule has 2 fully saturated rings. The van der Waals surface area contributed by atoms with Crippen molar-refractivity contribution in [1.29, 1.82) is 0 Å². The fourth-order valence-corrected chi connectivity index (χ4v) is 3.98. The molecule has 0 spiro atoms. The third kappa shape index (κ3) is 3.88. The highest BCUT2D eigenvalue weighted by Gasteiger charge is 2.29. The summed E-state index contributed by atoms with van der Waals surface area (Å²) < 4.78 is 0. The van der Waals surface area contributed by atoms with E-state index in [1.807, 2.05) is 7.05 Å². The molecule has 2 aliphatic carbocycles. The van der Waals surface area contributed by atoms with Crippen molar-refractivity contribution in [3.63, 3.8) is 0 Å². The van der Waals surface area contributed by atoms with Crippen LogP contribution in [0, 0.1) is 17.8 Å². The zero-order valence-electron chi connectivity index (χ0n) is 11.5. The van der Waals surface area contributed by atoms with Crippen molar-refractivity contribution in [3.8, 4) is 0 Å². The molecule has 0 N–H and O–H groups in total. The van der Waals surface area contributed by atoms with Gasteiger partial charge in [-0.3, -0.25) is 4.79 Å². The van der Waals surface area contributed by atoms with Crippen molar-refractivity contribution < 1.29 is 4.79 Å². The Balaban J connectivity index is 1.72. The molecule has 0 aromatic carbocycles. The molecule has 1 amide bonds. The third-order valence-corrected chi connectivity index (χ3v) is 5.33. The molecule has 2 saturated carbocycles. The van der Waals surface area contributed by atoms with Crippen molar-refractivity contribution in [2.45, 2.75) is 57.8 Å². The average molecular weight is 272 g/mol. The van der Waals surface area contributed by atoms with Crippen molar-refractivity contribution >= 4 is 17.0 Å². The van der Waals surface area contributed by atoms with Crippen molar-refractivity contribution in [1.82, 2.24) is 4.90 Å². The van der Waals surface area contributed by atoms with Gasteiger partial charge < -0.3 is 4.90 Å². The van der Waals surface area contributed by atoms with Gasteiger partial charge in [0.15, 0.2) is 0 Å². The summed E-state index contributed by atoms with van der Waals surface area (Å²) in [5.74, 6) is 2.66. The Morgan fingerprint density at radius 3 is 2.11 bits per heavy atom. The second-order valence-electron chi connectivity index (χ2n) is 6.31. The maximum atomic E-state index is 11.0. The number of carbonyl (C=O) groups is 1. The van der Waals surface area contributed by atoms with Gasteiger partial charge in [0.05, 0.1) is 0 Å². The number of nitrogens with zero attached hydrogens (tertiary/aromatic N) is 1. The lowest BCUT2D eigenvalue weighted by Crippen LogP contribution is -2.31. The molecule has 0 heterocycles. The third-order valence-electron chi connectivity index (χ3n) is 5.04. The molecule has 18 heavy (non-hydrogen) atoms. The van der Waals surface area contributed by atoms with Gasteiger partial charge in [0.25, 0.3) is 0 Å². The van der Waals surface area contributed by atoms with Crippen LogP contribution in [-0.4, -0.2) is 23.9 Å². The first-order valence-electron chi connectivity index (χ1n) is 7.57. The molecule has 0 aliphatic heterocycles. The standard InChI is InChI=1S/C15H26ClNO/c1-17(15(16)18)11-12-7-9-14(10-8-12)13-5-3-2-4-6-13/h12-14H,2-11H2,1H3. The Labute approximate surface area is 116 Å². The summed E-state index contributed by atoms with van der Waals surface area (Å²) >= 11 is 5.48. The van der Waals surface area contributed by atoms with E-state index in [9.17, 15) is 4.79 Å². The highest BCUT2D eigenvalue weighted by molar-refractivity contribution is 6.62. The van der Waals surface area contributed by atoms with Crippen LogP contribution in [0.1, 0.15) is 57.8 Å². The van der Waals surface area contributed by atoms with Crippen LogP contribution in [0.5, 0.6) is 0 Å². The molecule has 3 heteroatoms. The zero-order chi connectivity index (χ0) is 13.0. The summed E-state index contributed by atoms with van der Waals surface area (Å²) in [6.07, 6.45) is 12.6. The maximum Gasteiger partial charge on any atom is 0.316 e. The van der Waals surface area contributed by atoms with E-state index in [1.165, 1.54) is 57.8 Å². The van der Waals surface area contributed by atoms with Crippen LogP contribution in [0.4, 0.5) is 4.79 Å². The van der Waals surface area contributed by atoms with Crippen LogP contribution in [0.15, 0.2) is 0 Å². The molecule has 104 valence electrons. The topological polar surface area (TPSA) is 20.3 Å². The normalized spacial score (nSPS) is 30.1. The quantitative estimate of drug-likeness (QED) is 0.540. The van der Waals surface area contributed by atoms with E-state index in [0.717, 1.165) is 18.4 Å². The molecule has 0 radical (unpaired) electrons.